The lowest BCUT2D eigenvalue weighted by molar-refractivity contribution is 1.33. The Morgan fingerprint density at radius 1 is 0.525 bits per heavy atom. The zero-order chi connectivity index (χ0) is 28.7. The predicted molar refractivity (Wildman–Crippen MR) is 183 cm³/mol. The molecule has 2 aromatic heterocycles. The molecular formula is C35H42N2Si3. The van der Waals surface area contributed by atoms with Gasteiger partial charge in [-0.05, 0) is 55.9 Å². The third-order valence-corrected chi connectivity index (χ3v) is 16.7. The van der Waals surface area contributed by atoms with Gasteiger partial charge in [0.05, 0.1) is 0 Å². The molecule has 0 bridgehead atoms. The highest BCUT2D eigenvalue weighted by Gasteiger charge is 2.46. The van der Waals surface area contributed by atoms with Gasteiger partial charge >= 0.3 is 0 Å². The Morgan fingerprint density at radius 2 is 0.900 bits per heavy atom. The van der Waals surface area contributed by atoms with E-state index < -0.39 is 24.2 Å². The van der Waals surface area contributed by atoms with Crippen molar-refractivity contribution in [1.29, 1.82) is 0 Å². The van der Waals surface area contributed by atoms with Crippen LogP contribution >= 0.6 is 0 Å². The topological polar surface area (TPSA) is 25.8 Å². The fraction of sp³-hybridized carbons (Fsp3) is 0.257. The first kappa shape index (κ1) is 28.4. The summed E-state index contributed by atoms with van der Waals surface area (Å²) < 4.78 is 0. The number of hydrogen-bond donors (Lipinski definition) is 0. The minimum atomic E-state index is -2.22. The summed E-state index contributed by atoms with van der Waals surface area (Å²) in [4.78, 5) is 10.2. The van der Waals surface area contributed by atoms with E-state index in [2.05, 4.69) is 150 Å². The molecule has 0 spiro atoms. The van der Waals surface area contributed by atoms with Gasteiger partial charge in [-0.25, -0.2) is 0 Å². The van der Waals surface area contributed by atoms with Crippen molar-refractivity contribution in [1.82, 2.24) is 9.97 Å². The number of pyridine rings is 2. The lowest BCUT2D eigenvalue weighted by Gasteiger charge is -2.30. The van der Waals surface area contributed by atoms with Gasteiger partial charge in [0.2, 0.25) is 0 Å². The highest BCUT2D eigenvalue weighted by Crippen LogP contribution is 2.56. The van der Waals surface area contributed by atoms with Crippen molar-refractivity contribution in [3.8, 4) is 0 Å². The van der Waals surface area contributed by atoms with Gasteiger partial charge in [-0.1, -0.05) is 132 Å². The monoisotopic (exact) mass is 574 g/mol. The molecule has 1 aliphatic rings. The van der Waals surface area contributed by atoms with E-state index in [1.807, 2.05) is 0 Å². The van der Waals surface area contributed by atoms with Crippen LogP contribution in [0.25, 0.3) is 21.5 Å². The molecule has 2 aromatic carbocycles. The maximum atomic E-state index is 5.08. The van der Waals surface area contributed by atoms with Crippen molar-refractivity contribution in [3.05, 3.63) is 120 Å². The van der Waals surface area contributed by atoms with Crippen LogP contribution in [0.5, 0.6) is 0 Å². The molecule has 5 rings (SSSR count). The van der Waals surface area contributed by atoms with Gasteiger partial charge in [-0.2, -0.15) is 0 Å². The summed E-state index contributed by atoms with van der Waals surface area (Å²) in [6, 6.07) is 32.4. The van der Waals surface area contributed by atoms with Crippen LogP contribution in [0.15, 0.2) is 97.3 Å². The van der Waals surface area contributed by atoms with E-state index in [0.29, 0.717) is 0 Å². The van der Waals surface area contributed by atoms with E-state index in [9.17, 15) is 0 Å². The van der Waals surface area contributed by atoms with E-state index in [0.717, 1.165) is 6.04 Å². The summed E-state index contributed by atoms with van der Waals surface area (Å²) in [5.41, 5.74) is 7.84. The number of hydrogen-bond acceptors (Lipinski definition) is 2. The van der Waals surface area contributed by atoms with Crippen LogP contribution in [0.4, 0.5) is 0 Å². The van der Waals surface area contributed by atoms with Gasteiger partial charge in [0.1, 0.15) is 24.2 Å². The van der Waals surface area contributed by atoms with Gasteiger partial charge in [-0.3, -0.25) is 9.97 Å². The molecule has 0 saturated heterocycles. The molecule has 4 aromatic rings. The second-order valence-corrected chi connectivity index (χ2v) is 27.7. The van der Waals surface area contributed by atoms with Gasteiger partial charge in [0.25, 0.3) is 0 Å². The van der Waals surface area contributed by atoms with Crippen LogP contribution < -0.4 is 10.6 Å². The van der Waals surface area contributed by atoms with Crippen LogP contribution in [0.3, 0.4) is 0 Å². The third-order valence-electron chi connectivity index (χ3n) is 8.33. The molecule has 1 aliphatic heterocycles. The second-order valence-electron chi connectivity index (χ2n) is 13.3. The van der Waals surface area contributed by atoms with Crippen LogP contribution in [-0.2, 0) is 0 Å². The molecule has 0 N–H and O–H groups in total. The zero-order valence-electron chi connectivity index (χ0n) is 25.3. The lowest BCUT2D eigenvalue weighted by Crippen LogP contribution is -2.40. The lowest BCUT2D eigenvalue weighted by atomic mass is 9.89. The van der Waals surface area contributed by atoms with E-state index in [4.69, 9.17) is 9.97 Å². The summed E-state index contributed by atoms with van der Waals surface area (Å²) in [7, 11) is -5.23. The number of aromatic nitrogens is 2. The maximum Gasteiger partial charge on any atom is 0.118 e. The van der Waals surface area contributed by atoms with E-state index in [1.165, 1.54) is 54.4 Å². The highest BCUT2D eigenvalue weighted by atomic mass is 28.3. The Bertz CT molecular complexity index is 1440. The van der Waals surface area contributed by atoms with E-state index in [1.54, 1.807) is 0 Å². The average Bonchev–Trinajstić information content (AvgIpc) is 3.22. The summed E-state index contributed by atoms with van der Waals surface area (Å²) in [5, 5.41) is 5.52. The molecule has 0 aliphatic carbocycles. The fourth-order valence-electron chi connectivity index (χ4n) is 5.96. The molecule has 204 valence electrons. The zero-order valence-corrected chi connectivity index (χ0v) is 28.3. The minimum absolute atomic E-state index is 1.11. The van der Waals surface area contributed by atoms with Crippen molar-refractivity contribution < 1.29 is 0 Å². The molecule has 5 heteroatoms. The van der Waals surface area contributed by atoms with Crippen LogP contribution in [0.1, 0.15) is 29.2 Å². The number of rotatable bonds is 7. The van der Waals surface area contributed by atoms with Gasteiger partial charge in [0, 0.05) is 23.0 Å². The molecule has 0 fully saturated rings. The Kier molecular flexibility index (Phi) is 7.59. The quantitative estimate of drug-likeness (QED) is 0.208. The highest BCUT2D eigenvalue weighted by molar-refractivity contribution is 7.13. The number of allylic oxidation sites excluding steroid dienone is 2. The molecule has 0 atom stereocenters. The Labute approximate surface area is 244 Å². The Balaban J connectivity index is 1.86. The molecule has 0 saturated carbocycles. The number of benzene rings is 2. The molecule has 0 amide bonds. The van der Waals surface area contributed by atoms with Crippen LogP contribution in [0.2, 0.25) is 51.9 Å². The Hall–Kier alpha value is -3.13. The first-order valence-electron chi connectivity index (χ1n) is 14.5. The summed E-state index contributed by atoms with van der Waals surface area (Å²) in [6.45, 7) is 19.2. The fourth-order valence-corrected chi connectivity index (χ4v) is 12.2. The molecule has 40 heavy (non-hydrogen) atoms. The van der Waals surface area contributed by atoms with Gasteiger partial charge in [0.15, 0.2) is 0 Å². The second kappa shape index (κ2) is 10.7. The average molecular weight is 575 g/mol. The number of nitrogens with zero attached hydrogens (tertiary/aromatic N) is 2. The molecule has 0 unspecified atom stereocenters. The van der Waals surface area contributed by atoms with E-state index in [-0.39, 0.29) is 0 Å². The van der Waals surface area contributed by atoms with Gasteiger partial charge in [-0.15, -0.1) is 0 Å². The summed E-state index contributed by atoms with van der Waals surface area (Å²) in [5.74, 6) is 0. The molecular weight excluding hydrogens is 533 g/mol. The van der Waals surface area contributed by atoms with E-state index >= 15 is 0 Å². The minimum Gasteiger partial charge on any atom is -0.266 e. The third kappa shape index (κ3) is 5.18. The van der Waals surface area contributed by atoms with Crippen molar-refractivity contribution in [2.75, 3.05) is 0 Å². The molecule has 2 nitrogen and oxygen atoms in total. The first-order valence-corrected chi connectivity index (χ1v) is 24.2. The van der Waals surface area contributed by atoms with Crippen LogP contribution in [-0.4, -0.2) is 34.2 Å². The molecule has 0 radical (unpaired) electrons. The van der Waals surface area contributed by atoms with Crippen molar-refractivity contribution in [3.63, 3.8) is 0 Å². The normalized spacial score (nSPS) is 15.6. The summed E-state index contributed by atoms with van der Waals surface area (Å²) in [6.07, 6.45) is 4.34. The summed E-state index contributed by atoms with van der Waals surface area (Å²) >= 11 is 0. The smallest absolute Gasteiger partial charge is 0.118 e. The van der Waals surface area contributed by atoms with Crippen molar-refractivity contribution in [2.24, 2.45) is 0 Å². The maximum absolute atomic E-state index is 5.08. The molecule has 3 heterocycles. The Morgan fingerprint density at radius 3 is 1.18 bits per heavy atom. The SMILES string of the molecule is CC[Si]1(C)C(c2ccc([Si](C)(C)C)nc2)=C(c2ccccc2)C(c2ccccc2)=C1c1ccc([Si](C)(C)C)nc1. The standard InChI is InChI=1S/C35H42N2Si3/c1-9-40(8)34(28-20-22-30(36-24-28)38(2,3)4)32(26-16-12-10-13-17-26)33(27-18-14-11-15-19-27)35(40)29-21-23-31(37-25-29)39(5,6)7/h10-25H,9H2,1-8H3. The van der Waals surface area contributed by atoms with Crippen molar-refractivity contribution >= 4 is 56.4 Å². The predicted octanol–water partition coefficient (Wildman–Crippen LogP) is 8.28. The van der Waals surface area contributed by atoms with Crippen molar-refractivity contribution in [2.45, 2.75) is 58.8 Å². The van der Waals surface area contributed by atoms with Crippen LogP contribution in [0, 0.1) is 0 Å². The first-order chi connectivity index (χ1) is 18.9. The van der Waals surface area contributed by atoms with Gasteiger partial charge < -0.3 is 0 Å². The largest absolute Gasteiger partial charge is 0.266 e.